The molecule has 0 unspecified atom stereocenters. The van der Waals surface area contributed by atoms with Crippen LogP contribution in [0.3, 0.4) is 0 Å². The van der Waals surface area contributed by atoms with Crippen LogP contribution >= 0.6 is 0 Å². The lowest BCUT2D eigenvalue weighted by atomic mass is 9.91. The molecule has 11 heteroatoms. The minimum atomic E-state index is -4.95. The van der Waals surface area contributed by atoms with Gasteiger partial charge in [-0.25, -0.2) is 19.1 Å². The summed E-state index contributed by atoms with van der Waals surface area (Å²) in [5.41, 5.74) is -0.797. The number of ether oxygens (including phenoxy) is 4. The van der Waals surface area contributed by atoms with E-state index in [9.17, 15) is 22.8 Å². The first-order chi connectivity index (χ1) is 21.4. The number of alkyl halides is 3. The van der Waals surface area contributed by atoms with Crippen molar-refractivity contribution in [2.24, 2.45) is 0 Å². The highest BCUT2D eigenvalue weighted by molar-refractivity contribution is 6.03. The van der Waals surface area contributed by atoms with E-state index in [4.69, 9.17) is 18.9 Å². The quantitative estimate of drug-likeness (QED) is 0.192. The molecule has 0 saturated carbocycles. The molecule has 0 N–H and O–H groups in total. The van der Waals surface area contributed by atoms with Gasteiger partial charge in [-0.3, -0.25) is 0 Å². The van der Waals surface area contributed by atoms with Crippen molar-refractivity contribution >= 4 is 23.0 Å². The minimum Gasteiger partial charge on any atom is -0.489 e. The van der Waals surface area contributed by atoms with Crippen LogP contribution in [-0.2, 0) is 27.0 Å². The second-order valence-electron chi connectivity index (χ2n) is 11.7. The molecule has 0 bridgehead atoms. The zero-order valence-corrected chi connectivity index (χ0v) is 25.6. The summed E-state index contributed by atoms with van der Waals surface area (Å²) in [4.78, 5) is 30.4. The Morgan fingerprint density at radius 1 is 1.00 bits per heavy atom. The predicted octanol–water partition coefficient (Wildman–Crippen LogP) is 8.16. The molecule has 1 saturated heterocycles. The predicted molar refractivity (Wildman–Crippen MR) is 161 cm³/mol. The summed E-state index contributed by atoms with van der Waals surface area (Å²) >= 11 is 0. The van der Waals surface area contributed by atoms with E-state index in [1.807, 2.05) is 30.3 Å². The Morgan fingerprint density at radius 2 is 1.71 bits per heavy atom. The molecule has 3 heterocycles. The van der Waals surface area contributed by atoms with E-state index in [2.05, 4.69) is 4.98 Å². The van der Waals surface area contributed by atoms with Crippen LogP contribution in [0.15, 0.2) is 60.7 Å². The number of carbonyl (C=O) groups is 2. The number of nitrogens with zero attached hydrogens (tertiary/aromatic N) is 2. The second kappa shape index (κ2) is 12.9. The highest BCUT2D eigenvalue weighted by Gasteiger charge is 2.39. The molecule has 0 amide bonds. The first kappa shape index (κ1) is 32.0. The Labute approximate surface area is 259 Å². The van der Waals surface area contributed by atoms with Gasteiger partial charge in [0.25, 0.3) is 0 Å². The van der Waals surface area contributed by atoms with Crippen LogP contribution < -0.4 is 4.74 Å². The average molecular weight is 625 g/mol. The summed E-state index contributed by atoms with van der Waals surface area (Å²) < 4.78 is 66.8. The van der Waals surface area contributed by atoms with Crippen molar-refractivity contribution in [2.75, 3.05) is 19.8 Å². The van der Waals surface area contributed by atoms with Crippen LogP contribution in [0.4, 0.5) is 18.0 Å². The normalized spacial score (nSPS) is 14.4. The molecule has 1 aliphatic heterocycles. The average Bonchev–Trinajstić information content (AvgIpc) is 3.34. The van der Waals surface area contributed by atoms with Crippen LogP contribution in [0.25, 0.3) is 22.2 Å². The second-order valence-corrected chi connectivity index (χ2v) is 11.7. The van der Waals surface area contributed by atoms with Gasteiger partial charge in [0.1, 0.15) is 18.0 Å². The van der Waals surface area contributed by atoms with E-state index >= 15 is 0 Å². The highest BCUT2D eigenvalue weighted by Crippen LogP contribution is 2.44. The summed E-state index contributed by atoms with van der Waals surface area (Å²) in [6.07, 6.45) is -4.58. The number of carbonyl (C=O) groups excluding carboxylic acids is 2. The maximum atomic E-state index is 14.3. The summed E-state index contributed by atoms with van der Waals surface area (Å²) in [5, 5.41) is 0.485. The molecule has 0 spiro atoms. The summed E-state index contributed by atoms with van der Waals surface area (Å²) in [7, 11) is 0. The van der Waals surface area contributed by atoms with Gasteiger partial charge in [0.15, 0.2) is 5.69 Å². The third kappa shape index (κ3) is 7.14. The number of hydrogen-bond donors (Lipinski definition) is 0. The number of hydrogen-bond acceptors (Lipinski definition) is 7. The molecule has 2 aromatic carbocycles. The summed E-state index contributed by atoms with van der Waals surface area (Å²) in [6, 6.07) is 17.1. The number of aromatic nitrogens is 2. The summed E-state index contributed by atoms with van der Waals surface area (Å²) in [5.74, 6) is -0.923. The fraction of sp³-hybridized carbons (Fsp3) is 0.382. The lowest BCUT2D eigenvalue weighted by molar-refractivity contribution is -0.141. The first-order valence-electron chi connectivity index (χ1n) is 14.8. The highest BCUT2D eigenvalue weighted by atomic mass is 19.4. The van der Waals surface area contributed by atoms with Crippen LogP contribution in [0.2, 0.25) is 0 Å². The van der Waals surface area contributed by atoms with Crippen LogP contribution in [0, 0.1) is 0 Å². The molecule has 0 aliphatic carbocycles. The molecule has 1 fully saturated rings. The van der Waals surface area contributed by atoms with Gasteiger partial charge < -0.3 is 18.9 Å². The zero-order chi connectivity index (χ0) is 32.4. The summed E-state index contributed by atoms with van der Waals surface area (Å²) in [6.45, 7) is 7.73. The van der Waals surface area contributed by atoms with Crippen LogP contribution in [0.1, 0.15) is 73.8 Å². The lowest BCUT2D eigenvalue weighted by Crippen LogP contribution is -2.29. The number of esters is 1. The number of benzene rings is 2. The van der Waals surface area contributed by atoms with Gasteiger partial charge in [-0.1, -0.05) is 30.3 Å². The van der Waals surface area contributed by atoms with Crippen LogP contribution in [0.5, 0.6) is 5.75 Å². The Bertz CT molecular complexity index is 1690. The molecule has 1 aliphatic rings. The van der Waals surface area contributed by atoms with Crippen molar-refractivity contribution in [1.29, 1.82) is 0 Å². The van der Waals surface area contributed by atoms with Crippen molar-refractivity contribution in [3.05, 3.63) is 83.2 Å². The molecule has 0 atom stereocenters. The van der Waals surface area contributed by atoms with Crippen molar-refractivity contribution in [2.45, 2.75) is 64.8 Å². The Balaban J connectivity index is 1.75. The van der Waals surface area contributed by atoms with Crippen LogP contribution in [-0.4, -0.2) is 47.0 Å². The molecule has 2 aromatic heterocycles. The van der Waals surface area contributed by atoms with Gasteiger partial charge in [0.05, 0.1) is 23.4 Å². The standard InChI is InChI=1S/C34H35F3N2O6/c1-5-43-31(40)25-13-14-26(38-30(25)34(35,36)37)28-24-12-11-23(44-20-21-9-7-6-8-10-21)19-27(24)39(32(41)45-33(2,3)4)29(28)22-15-17-42-18-16-22/h6-14,19,22H,5,15-18,20H2,1-4H3. The van der Waals surface area contributed by atoms with E-state index in [1.54, 1.807) is 39.0 Å². The zero-order valence-electron chi connectivity index (χ0n) is 25.6. The Morgan fingerprint density at radius 3 is 2.36 bits per heavy atom. The maximum absolute atomic E-state index is 14.3. The topological polar surface area (TPSA) is 88.9 Å². The lowest BCUT2D eigenvalue weighted by Gasteiger charge is -2.26. The van der Waals surface area contributed by atoms with Gasteiger partial charge in [-0.2, -0.15) is 13.2 Å². The number of halogens is 3. The first-order valence-corrected chi connectivity index (χ1v) is 14.8. The van der Waals surface area contributed by atoms with Gasteiger partial charge in [0.2, 0.25) is 0 Å². The van der Waals surface area contributed by atoms with Gasteiger partial charge in [-0.05, 0) is 70.4 Å². The molecule has 45 heavy (non-hydrogen) atoms. The Hall–Kier alpha value is -4.38. The number of rotatable bonds is 7. The van der Waals surface area contributed by atoms with Gasteiger partial charge in [0, 0.05) is 41.8 Å². The molecule has 0 radical (unpaired) electrons. The molecular weight excluding hydrogens is 589 g/mol. The Kier molecular flexibility index (Phi) is 9.20. The van der Waals surface area contributed by atoms with E-state index in [0.717, 1.165) is 11.6 Å². The molecule has 4 aromatic rings. The smallest absolute Gasteiger partial charge is 0.434 e. The molecule has 238 valence electrons. The fourth-order valence-corrected chi connectivity index (χ4v) is 5.44. The van der Waals surface area contributed by atoms with E-state index in [1.165, 1.54) is 17.6 Å². The van der Waals surface area contributed by atoms with E-state index in [-0.39, 0.29) is 24.8 Å². The third-order valence-electron chi connectivity index (χ3n) is 7.32. The maximum Gasteiger partial charge on any atom is 0.434 e. The van der Waals surface area contributed by atoms with Crippen molar-refractivity contribution < 1.29 is 41.7 Å². The van der Waals surface area contributed by atoms with Gasteiger partial charge in [-0.15, -0.1) is 0 Å². The SMILES string of the molecule is CCOC(=O)c1ccc(-c2c(C3CCOCC3)n(C(=O)OC(C)(C)C)c3cc(OCc4ccccc4)ccc23)nc1C(F)(F)F. The fourth-order valence-electron chi connectivity index (χ4n) is 5.44. The third-order valence-corrected chi connectivity index (χ3v) is 7.32. The van der Waals surface area contributed by atoms with Crippen molar-refractivity contribution in [1.82, 2.24) is 9.55 Å². The minimum absolute atomic E-state index is 0.0397. The molecular formula is C34H35F3N2O6. The van der Waals surface area contributed by atoms with E-state index in [0.29, 0.717) is 54.0 Å². The van der Waals surface area contributed by atoms with Crippen molar-refractivity contribution in [3.63, 3.8) is 0 Å². The monoisotopic (exact) mass is 624 g/mol. The molecule has 5 rings (SSSR count). The number of fused-ring (bicyclic) bond motifs is 1. The van der Waals surface area contributed by atoms with E-state index < -0.39 is 35.1 Å². The van der Waals surface area contributed by atoms with Crippen molar-refractivity contribution in [3.8, 4) is 17.0 Å². The largest absolute Gasteiger partial charge is 0.489 e. The molecule has 8 nitrogen and oxygen atoms in total. The van der Waals surface area contributed by atoms with Gasteiger partial charge >= 0.3 is 18.2 Å². The number of pyridine rings is 1.